The van der Waals surface area contributed by atoms with Crippen LogP contribution in [0.15, 0.2) is 0 Å². The maximum atomic E-state index is 12.4. The van der Waals surface area contributed by atoms with Crippen molar-refractivity contribution in [1.82, 2.24) is 10.2 Å². The number of hydrogen-bond acceptors (Lipinski definition) is 4. The number of carbonyl (C=O) groups excluding carboxylic acids is 1. The molecule has 0 saturated carbocycles. The van der Waals surface area contributed by atoms with Crippen molar-refractivity contribution in [3.63, 3.8) is 0 Å². The van der Waals surface area contributed by atoms with E-state index in [0.717, 1.165) is 13.0 Å². The normalized spacial score (nSPS) is 25.6. The van der Waals surface area contributed by atoms with Crippen molar-refractivity contribution in [3.8, 4) is 0 Å². The van der Waals surface area contributed by atoms with Gasteiger partial charge in [0.25, 0.3) is 0 Å². The first-order valence-corrected chi connectivity index (χ1v) is 7.57. The summed E-state index contributed by atoms with van der Waals surface area (Å²) in [5.74, 6) is 0.249. The van der Waals surface area contributed by atoms with Gasteiger partial charge in [0.15, 0.2) is 0 Å². The third-order valence-corrected chi connectivity index (χ3v) is 3.86. The SMILES string of the molecule is CC(O)C1CC(NCCCO)CN(C(=O)C(C)(C)C)C1. The van der Waals surface area contributed by atoms with Crippen LogP contribution in [0.4, 0.5) is 0 Å². The highest BCUT2D eigenvalue weighted by Gasteiger charge is 2.35. The van der Waals surface area contributed by atoms with Gasteiger partial charge in [-0.15, -0.1) is 0 Å². The fourth-order valence-electron chi connectivity index (χ4n) is 2.66. The molecule has 3 unspecified atom stereocenters. The van der Waals surface area contributed by atoms with Gasteiger partial charge >= 0.3 is 0 Å². The van der Waals surface area contributed by atoms with Gasteiger partial charge in [0.2, 0.25) is 5.91 Å². The third-order valence-electron chi connectivity index (χ3n) is 3.86. The molecular weight excluding hydrogens is 256 g/mol. The van der Waals surface area contributed by atoms with Gasteiger partial charge in [-0.25, -0.2) is 0 Å². The molecular formula is C15H30N2O3. The van der Waals surface area contributed by atoms with Crippen LogP contribution in [-0.4, -0.2) is 59.4 Å². The molecule has 20 heavy (non-hydrogen) atoms. The molecule has 5 heteroatoms. The van der Waals surface area contributed by atoms with E-state index in [1.165, 1.54) is 0 Å². The Balaban J connectivity index is 2.68. The van der Waals surface area contributed by atoms with E-state index in [1.54, 1.807) is 6.92 Å². The van der Waals surface area contributed by atoms with Crippen LogP contribution in [0.3, 0.4) is 0 Å². The zero-order valence-electron chi connectivity index (χ0n) is 13.2. The summed E-state index contributed by atoms with van der Waals surface area (Å²) in [5.41, 5.74) is -0.393. The standard InChI is InChI=1S/C15H30N2O3/c1-11(19)12-8-13(16-6-5-7-18)10-17(9-12)14(20)15(2,3)4/h11-13,16,18-19H,5-10H2,1-4H3. The lowest BCUT2D eigenvalue weighted by molar-refractivity contribution is -0.142. The summed E-state index contributed by atoms with van der Waals surface area (Å²) < 4.78 is 0. The molecule has 5 nitrogen and oxygen atoms in total. The number of hydrogen-bond donors (Lipinski definition) is 3. The second kappa shape index (κ2) is 7.38. The fourth-order valence-corrected chi connectivity index (χ4v) is 2.66. The molecule has 1 saturated heterocycles. The zero-order chi connectivity index (χ0) is 15.3. The quantitative estimate of drug-likeness (QED) is 0.647. The molecule has 1 fully saturated rings. The molecule has 1 rings (SSSR count). The molecule has 0 aromatic rings. The number of nitrogens with zero attached hydrogens (tertiary/aromatic N) is 1. The van der Waals surface area contributed by atoms with E-state index >= 15 is 0 Å². The summed E-state index contributed by atoms with van der Waals surface area (Å²) >= 11 is 0. The first kappa shape index (κ1) is 17.4. The first-order chi connectivity index (χ1) is 9.25. The second-order valence-corrected chi connectivity index (χ2v) is 6.92. The summed E-state index contributed by atoms with van der Waals surface area (Å²) in [6, 6.07) is 0.196. The van der Waals surface area contributed by atoms with E-state index in [2.05, 4.69) is 5.32 Å². The highest BCUT2D eigenvalue weighted by atomic mass is 16.3. The average molecular weight is 286 g/mol. The summed E-state index contributed by atoms with van der Waals surface area (Å²) in [5, 5.41) is 22.1. The van der Waals surface area contributed by atoms with Crippen molar-refractivity contribution in [2.75, 3.05) is 26.2 Å². The number of likely N-dealkylation sites (tertiary alicyclic amines) is 1. The first-order valence-electron chi connectivity index (χ1n) is 7.57. The van der Waals surface area contributed by atoms with Crippen molar-refractivity contribution < 1.29 is 15.0 Å². The molecule has 0 aromatic carbocycles. The lowest BCUT2D eigenvalue weighted by Gasteiger charge is -2.41. The Labute approximate surface area is 122 Å². The third kappa shape index (κ3) is 5.04. The van der Waals surface area contributed by atoms with Crippen LogP contribution in [0.2, 0.25) is 0 Å². The average Bonchev–Trinajstić information content (AvgIpc) is 2.36. The Morgan fingerprint density at radius 2 is 2.05 bits per heavy atom. The predicted octanol–water partition coefficient (Wildman–Crippen LogP) is 0.602. The fraction of sp³-hybridized carbons (Fsp3) is 0.933. The Bertz CT molecular complexity index is 313. The molecule has 118 valence electrons. The number of rotatable bonds is 5. The van der Waals surface area contributed by atoms with Crippen molar-refractivity contribution in [1.29, 1.82) is 0 Å². The van der Waals surface area contributed by atoms with E-state index in [4.69, 9.17) is 5.11 Å². The van der Waals surface area contributed by atoms with Gasteiger partial charge in [-0.1, -0.05) is 20.8 Å². The van der Waals surface area contributed by atoms with Gasteiger partial charge in [-0.2, -0.15) is 0 Å². The number of piperidine rings is 1. The highest BCUT2D eigenvalue weighted by Crippen LogP contribution is 2.25. The molecule has 0 bridgehead atoms. The van der Waals surface area contributed by atoms with Crippen molar-refractivity contribution in [3.05, 3.63) is 0 Å². The van der Waals surface area contributed by atoms with Crippen molar-refractivity contribution >= 4 is 5.91 Å². The summed E-state index contributed by atoms with van der Waals surface area (Å²) in [6.45, 7) is 9.80. The highest BCUT2D eigenvalue weighted by molar-refractivity contribution is 5.81. The van der Waals surface area contributed by atoms with E-state index in [0.29, 0.717) is 19.5 Å². The number of aliphatic hydroxyl groups excluding tert-OH is 2. The molecule has 1 aliphatic heterocycles. The Morgan fingerprint density at radius 3 is 2.55 bits per heavy atom. The van der Waals surface area contributed by atoms with Crippen molar-refractivity contribution in [2.45, 2.75) is 52.7 Å². The van der Waals surface area contributed by atoms with Crippen LogP contribution in [0, 0.1) is 11.3 Å². The lowest BCUT2D eigenvalue weighted by atomic mass is 9.87. The number of aliphatic hydroxyl groups is 2. The monoisotopic (exact) mass is 286 g/mol. The molecule has 1 heterocycles. The van der Waals surface area contributed by atoms with Crippen LogP contribution >= 0.6 is 0 Å². The molecule has 0 spiro atoms. The second-order valence-electron chi connectivity index (χ2n) is 6.92. The minimum absolute atomic E-state index is 0.113. The number of nitrogens with one attached hydrogen (secondary N) is 1. The molecule has 0 radical (unpaired) electrons. The molecule has 0 aromatic heterocycles. The lowest BCUT2D eigenvalue weighted by Crippen LogP contribution is -2.55. The molecule has 1 aliphatic rings. The molecule has 3 N–H and O–H groups in total. The number of amides is 1. The Morgan fingerprint density at radius 1 is 1.40 bits per heavy atom. The Hall–Kier alpha value is -0.650. The minimum atomic E-state index is -0.410. The van der Waals surface area contributed by atoms with E-state index in [-0.39, 0.29) is 24.5 Å². The zero-order valence-corrected chi connectivity index (χ0v) is 13.2. The smallest absolute Gasteiger partial charge is 0.228 e. The maximum Gasteiger partial charge on any atom is 0.228 e. The molecule has 0 aliphatic carbocycles. The van der Waals surface area contributed by atoms with Gasteiger partial charge in [0.1, 0.15) is 0 Å². The number of carbonyl (C=O) groups is 1. The maximum absolute atomic E-state index is 12.4. The van der Waals surface area contributed by atoms with E-state index in [9.17, 15) is 9.90 Å². The summed E-state index contributed by atoms with van der Waals surface area (Å²) in [4.78, 5) is 14.3. The van der Waals surface area contributed by atoms with Gasteiger partial charge in [0, 0.05) is 37.1 Å². The molecule has 3 atom stereocenters. The summed E-state index contributed by atoms with van der Waals surface area (Å²) in [6.07, 6.45) is 1.17. The van der Waals surface area contributed by atoms with Crippen LogP contribution in [-0.2, 0) is 4.79 Å². The minimum Gasteiger partial charge on any atom is -0.396 e. The summed E-state index contributed by atoms with van der Waals surface area (Å²) in [7, 11) is 0. The topological polar surface area (TPSA) is 72.8 Å². The molecule has 1 amide bonds. The van der Waals surface area contributed by atoms with Gasteiger partial charge in [-0.05, 0) is 26.3 Å². The predicted molar refractivity (Wildman–Crippen MR) is 79.3 cm³/mol. The van der Waals surface area contributed by atoms with E-state index in [1.807, 2.05) is 25.7 Å². The largest absolute Gasteiger partial charge is 0.396 e. The van der Waals surface area contributed by atoms with Crippen LogP contribution < -0.4 is 5.32 Å². The van der Waals surface area contributed by atoms with Gasteiger partial charge in [-0.3, -0.25) is 4.79 Å². The van der Waals surface area contributed by atoms with Crippen LogP contribution in [0.5, 0.6) is 0 Å². The van der Waals surface area contributed by atoms with Crippen molar-refractivity contribution in [2.24, 2.45) is 11.3 Å². The van der Waals surface area contributed by atoms with Crippen LogP contribution in [0.1, 0.15) is 40.5 Å². The Kier molecular flexibility index (Phi) is 6.43. The van der Waals surface area contributed by atoms with Gasteiger partial charge in [0.05, 0.1) is 6.10 Å². The van der Waals surface area contributed by atoms with E-state index < -0.39 is 11.5 Å². The van der Waals surface area contributed by atoms with Gasteiger partial charge < -0.3 is 20.4 Å². The van der Waals surface area contributed by atoms with Crippen LogP contribution in [0.25, 0.3) is 0 Å².